The monoisotopic (exact) mass is 142 g/mol. The predicted octanol–water partition coefficient (Wildman–Crippen LogP) is -0.188. The summed E-state index contributed by atoms with van der Waals surface area (Å²) >= 11 is 0. The summed E-state index contributed by atoms with van der Waals surface area (Å²) in [5, 5.41) is 0. The Morgan fingerprint density at radius 3 is 2.80 bits per heavy atom. The van der Waals surface area contributed by atoms with Gasteiger partial charge in [0.1, 0.15) is 0 Å². The molecular weight excluding hydrogens is 128 g/mol. The summed E-state index contributed by atoms with van der Waals surface area (Å²) in [6.45, 7) is 2.97. The minimum Gasteiger partial charge on any atom is -0.344 e. The van der Waals surface area contributed by atoms with Crippen LogP contribution in [0.25, 0.3) is 0 Å². The second-order valence-corrected chi connectivity index (χ2v) is 3.17. The van der Waals surface area contributed by atoms with Crippen molar-refractivity contribution >= 4 is 5.91 Å². The molecule has 1 aliphatic heterocycles. The Bertz CT molecular complexity index is 133. The number of hydrogen-bond acceptors (Lipinski definition) is 2. The molecule has 0 aromatic heterocycles. The van der Waals surface area contributed by atoms with E-state index in [9.17, 15) is 4.79 Å². The molecule has 58 valence electrons. The molecule has 0 aromatic carbocycles. The Hall–Kier alpha value is -0.570. The average molecular weight is 142 g/mol. The molecule has 10 heavy (non-hydrogen) atoms. The first-order valence-corrected chi connectivity index (χ1v) is 3.62. The Morgan fingerprint density at radius 2 is 2.30 bits per heavy atom. The van der Waals surface area contributed by atoms with E-state index in [2.05, 4.69) is 6.92 Å². The molecule has 0 aromatic rings. The van der Waals surface area contributed by atoms with Gasteiger partial charge in [0, 0.05) is 13.6 Å². The third-order valence-electron chi connectivity index (χ3n) is 1.94. The fraction of sp³-hybridized carbons (Fsp3) is 0.857. The van der Waals surface area contributed by atoms with Gasteiger partial charge in [-0.1, -0.05) is 6.92 Å². The summed E-state index contributed by atoms with van der Waals surface area (Å²) < 4.78 is 0. The van der Waals surface area contributed by atoms with Crippen LogP contribution in [0.5, 0.6) is 0 Å². The molecule has 3 heteroatoms. The number of carbonyl (C=O) groups excluding carboxylic acids is 1. The van der Waals surface area contributed by atoms with Crippen LogP contribution < -0.4 is 5.73 Å². The van der Waals surface area contributed by atoms with Crippen molar-refractivity contribution in [3.05, 3.63) is 0 Å². The summed E-state index contributed by atoms with van der Waals surface area (Å²) in [6.07, 6.45) is 0.836. The molecule has 2 N–H and O–H groups in total. The molecule has 1 heterocycles. The van der Waals surface area contributed by atoms with E-state index in [0.717, 1.165) is 13.0 Å². The highest BCUT2D eigenvalue weighted by molar-refractivity contribution is 5.82. The number of likely N-dealkylation sites (N-methyl/N-ethyl adjacent to an activating group) is 1. The molecule has 1 aliphatic rings. The first-order chi connectivity index (χ1) is 4.61. The minimum atomic E-state index is -0.256. The van der Waals surface area contributed by atoms with E-state index in [-0.39, 0.29) is 11.9 Å². The maximum absolute atomic E-state index is 11.1. The lowest BCUT2D eigenvalue weighted by Gasteiger charge is -2.31. The lowest BCUT2D eigenvalue weighted by molar-refractivity contribution is -0.134. The Kier molecular flexibility index (Phi) is 1.94. The smallest absolute Gasteiger partial charge is 0.239 e. The number of carbonyl (C=O) groups is 1. The van der Waals surface area contributed by atoms with Crippen LogP contribution in [0.2, 0.25) is 0 Å². The number of nitrogens with zero attached hydrogens (tertiary/aromatic N) is 1. The molecule has 1 saturated heterocycles. The van der Waals surface area contributed by atoms with Crippen LogP contribution in [0.4, 0.5) is 0 Å². The fourth-order valence-electron chi connectivity index (χ4n) is 1.45. The van der Waals surface area contributed by atoms with E-state index < -0.39 is 0 Å². The van der Waals surface area contributed by atoms with Gasteiger partial charge in [-0.25, -0.2) is 0 Å². The molecular formula is C7H14N2O. The summed E-state index contributed by atoms with van der Waals surface area (Å²) in [7, 11) is 1.80. The molecule has 2 unspecified atom stereocenters. The molecule has 0 aliphatic carbocycles. The zero-order valence-corrected chi connectivity index (χ0v) is 6.50. The largest absolute Gasteiger partial charge is 0.344 e. The second-order valence-electron chi connectivity index (χ2n) is 3.17. The first-order valence-electron chi connectivity index (χ1n) is 3.62. The summed E-state index contributed by atoms with van der Waals surface area (Å²) in [4.78, 5) is 12.8. The van der Waals surface area contributed by atoms with Gasteiger partial charge in [0.05, 0.1) is 6.04 Å². The van der Waals surface area contributed by atoms with Gasteiger partial charge in [-0.2, -0.15) is 0 Å². The molecule has 1 fully saturated rings. The van der Waals surface area contributed by atoms with Crippen molar-refractivity contribution in [2.75, 3.05) is 13.6 Å². The molecule has 0 spiro atoms. The highest BCUT2D eigenvalue weighted by Gasteiger charge is 2.26. The lowest BCUT2D eigenvalue weighted by Crippen LogP contribution is -2.49. The van der Waals surface area contributed by atoms with Gasteiger partial charge >= 0.3 is 0 Å². The van der Waals surface area contributed by atoms with E-state index in [4.69, 9.17) is 5.73 Å². The SMILES string of the molecule is CC1CC(N)C(=O)N(C)C1. The Labute approximate surface area is 61.2 Å². The van der Waals surface area contributed by atoms with Gasteiger partial charge in [-0.3, -0.25) is 4.79 Å². The zero-order valence-electron chi connectivity index (χ0n) is 6.50. The van der Waals surface area contributed by atoms with E-state index in [0.29, 0.717) is 5.92 Å². The summed E-state index contributed by atoms with van der Waals surface area (Å²) in [6, 6.07) is -0.256. The van der Waals surface area contributed by atoms with Crippen molar-refractivity contribution in [1.82, 2.24) is 4.90 Å². The van der Waals surface area contributed by atoms with Crippen molar-refractivity contribution in [2.45, 2.75) is 19.4 Å². The fourth-order valence-corrected chi connectivity index (χ4v) is 1.45. The topological polar surface area (TPSA) is 46.3 Å². The van der Waals surface area contributed by atoms with Gasteiger partial charge in [-0.05, 0) is 12.3 Å². The van der Waals surface area contributed by atoms with Crippen molar-refractivity contribution in [3.63, 3.8) is 0 Å². The van der Waals surface area contributed by atoms with Crippen LogP contribution in [-0.2, 0) is 4.79 Å². The van der Waals surface area contributed by atoms with Crippen molar-refractivity contribution < 1.29 is 4.79 Å². The number of rotatable bonds is 0. The number of nitrogens with two attached hydrogens (primary N) is 1. The van der Waals surface area contributed by atoms with Crippen LogP contribution in [0.3, 0.4) is 0 Å². The molecule has 1 rings (SSSR count). The number of likely N-dealkylation sites (tertiary alicyclic amines) is 1. The molecule has 0 saturated carbocycles. The molecule has 1 amide bonds. The Morgan fingerprint density at radius 1 is 1.70 bits per heavy atom. The van der Waals surface area contributed by atoms with Crippen LogP contribution in [-0.4, -0.2) is 30.4 Å². The maximum atomic E-state index is 11.1. The second kappa shape index (κ2) is 2.58. The van der Waals surface area contributed by atoms with Gasteiger partial charge in [0.25, 0.3) is 0 Å². The predicted molar refractivity (Wildman–Crippen MR) is 39.4 cm³/mol. The Balaban J connectivity index is 2.57. The van der Waals surface area contributed by atoms with Crippen molar-refractivity contribution in [3.8, 4) is 0 Å². The van der Waals surface area contributed by atoms with E-state index >= 15 is 0 Å². The lowest BCUT2D eigenvalue weighted by atomic mass is 9.96. The summed E-state index contributed by atoms with van der Waals surface area (Å²) in [5.41, 5.74) is 5.57. The van der Waals surface area contributed by atoms with Crippen LogP contribution in [0, 0.1) is 5.92 Å². The molecule has 0 bridgehead atoms. The highest BCUT2D eigenvalue weighted by atomic mass is 16.2. The van der Waals surface area contributed by atoms with Gasteiger partial charge < -0.3 is 10.6 Å². The van der Waals surface area contributed by atoms with E-state index in [1.807, 2.05) is 0 Å². The van der Waals surface area contributed by atoms with Gasteiger partial charge in [0.2, 0.25) is 5.91 Å². The maximum Gasteiger partial charge on any atom is 0.239 e. The number of amides is 1. The molecule has 3 nitrogen and oxygen atoms in total. The third-order valence-corrected chi connectivity index (χ3v) is 1.94. The quantitative estimate of drug-likeness (QED) is 0.509. The van der Waals surface area contributed by atoms with Gasteiger partial charge in [-0.15, -0.1) is 0 Å². The van der Waals surface area contributed by atoms with Gasteiger partial charge in [0.15, 0.2) is 0 Å². The minimum absolute atomic E-state index is 0.0816. The first kappa shape index (κ1) is 7.54. The molecule has 0 radical (unpaired) electrons. The number of piperidine rings is 1. The van der Waals surface area contributed by atoms with Crippen LogP contribution in [0.15, 0.2) is 0 Å². The van der Waals surface area contributed by atoms with Crippen molar-refractivity contribution in [1.29, 1.82) is 0 Å². The normalized spacial score (nSPS) is 34.7. The van der Waals surface area contributed by atoms with Crippen molar-refractivity contribution in [2.24, 2.45) is 11.7 Å². The highest BCUT2D eigenvalue weighted by Crippen LogP contribution is 2.13. The summed E-state index contributed by atoms with van der Waals surface area (Å²) in [5.74, 6) is 0.635. The third kappa shape index (κ3) is 1.29. The van der Waals surface area contributed by atoms with Crippen LogP contribution >= 0.6 is 0 Å². The van der Waals surface area contributed by atoms with E-state index in [1.165, 1.54) is 0 Å². The van der Waals surface area contributed by atoms with E-state index in [1.54, 1.807) is 11.9 Å². The molecule has 2 atom stereocenters. The number of hydrogen-bond donors (Lipinski definition) is 1. The van der Waals surface area contributed by atoms with Crippen LogP contribution in [0.1, 0.15) is 13.3 Å². The average Bonchev–Trinajstić information content (AvgIpc) is 1.82. The standard InChI is InChI=1S/C7H14N2O/c1-5-3-6(8)7(10)9(2)4-5/h5-6H,3-4,8H2,1-2H3. The zero-order chi connectivity index (χ0) is 7.72.